The van der Waals surface area contributed by atoms with Crippen LogP contribution in [0.2, 0.25) is 5.02 Å². The molecule has 0 aliphatic rings. The van der Waals surface area contributed by atoms with Crippen LogP contribution in [0.3, 0.4) is 0 Å². The Labute approximate surface area is 158 Å². The van der Waals surface area contributed by atoms with Gasteiger partial charge in [0.05, 0.1) is 20.9 Å². The summed E-state index contributed by atoms with van der Waals surface area (Å²) >= 11 is 7.54. The number of fused-ring (bicyclic) bond motifs is 1. The van der Waals surface area contributed by atoms with E-state index >= 15 is 0 Å². The number of halogens is 1. The van der Waals surface area contributed by atoms with Crippen molar-refractivity contribution in [3.63, 3.8) is 0 Å². The molecule has 2 aromatic carbocycles. The summed E-state index contributed by atoms with van der Waals surface area (Å²) in [5.74, 6) is 0. The van der Waals surface area contributed by atoms with Crippen molar-refractivity contribution in [3.05, 3.63) is 47.5 Å². The molecule has 1 heterocycles. The topological polar surface area (TPSA) is 79.3 Å². The van der Waals surface area contributed by atoms with Gasteiger partial charge in [0.15, 0.2) is 0 Å². The summed E-state index contributed by atoms with van der Waals surface area (Å²) in [4.78, 5) is 4.50. The molecular formula is C13H9ClN2NaO3S2+. The Hall–Kier alpha value is -0.670. The van der Waals surface area contributed by atoms with Crippen LogP contribution in [0.15, 0.2) is 42.5 Å². The maximum absolute atomic E-state index is 10.8. The molecule has 0 aliphatic heterocycles. The van der Waals surface area contributed by atoms with Gasteiger partial charge in [0.1, 0.15) is 5.01 Å². The fourth-order valence-corrected chi connectivity index (χ4v) is 3.57. The Morgan fingerprint density at radius 2 is 1.91 bits per heavy atom. The molecule has 0 bridgehead atoms. The number of nitrogens with zero attached hydrogens (tertiary/aromatic N) is 1. The van der Waals surface area contributed by atoms with E-state index in [2.05, 4.69) is 4.98 Å². The van der Waals surface area contributed by atoms with Gasteiger partial charge in [0.25, 0.3) is 0 Å². The van der Waals surface area contributed by atoms with Gasteiger partial charge in [0, 0.05) is 5.56 Å². The first-order valence-corrected chi connectivity index (χ1v) is 8.46. The maximum atomic E-state index is 10.8. The monoisotopic (exact) mass is 363 g/mol. The van der Waals surface area contributed by atoms with Crippen LogP contribution < -0.4 is 34.3 Å². The van der Waals surface area contributed by atoms with Crippen molar-refractivity contribution < 1.29 is 42.5 Å². The van der Waals surface area contributed by atoms with Crippen LogP contribution in [0.25, 0.3) is 20.8 Å². The molecule has 0 saturated heterocycles. The molecule has 9 heteroatoms. The minimum atomic E-state index is -4.35. The van der Waals surface area contributed by atoms with E-state index in [9.17, 15) is 8.42 Å². The zero-order chi connectivity index (χ0) is 15.0. The molecule has 22 heavy (non-hydrogen) atoms. The Balaban J connectivity index is 0.00000176. The largest absolute Gasteiger partial charge is 1.00 e. The molecule has 108 valence electrons. The van der Waals surface area contributed by atoms with E-state index in [1.165, 1.54) is 17.4 Å². The molecule has 0 spiro atoms. The molecule has 1 aromatic heterocycles. The zero-order valence-corrected chi connectivity index (χ0v) is 15.8. The van der Waals surface area contributed by atoms with Gasteiger partial charge in [-0.3, -0.25) is 9.27 Å². The summed E-state index contributed by atoms with van der Waals surface area (Å²) in [6, 6.07) is 12.5. The third-order valence-corrected chi connectivity index (χ3v) is 4.62. The maximum Gasteiger partial charge on any atom is 1.00 e. The minimum absolute atomic E-state index is 0. The molecule has 0 atom stereocenters. The Morgan fingerprint density at radius 3 is 2.55 bits per heavy atom. The fraction of sp³-hybridized carbons (Fsp3) is 0. The van der Waals surface area contributed by atoms with Gasteiger partial charge in [-0.15, -0.1) is 11.3 Å². The normalized spacial score (nSPS) is 11.2. The van der Waals surface area contributed by atoms with Gasteiger partial charge in [-0.25, -0.2) is 4.98 Å². The van der Waals surface area contributed by atoms with Crippen LogP contribution >= 0.6 is 22.9 Å². The first kappa shape index (κ1) is 17.7. The van der Waals surface area contributed by atoms with E-state index < -0.39 is 10.3 Å². The molecular weight excluding hydrogens is 355 g/mol. The second-order valence-electron chi connectivity index (χ2n) is 4.26. The van der Waals surface area contributed by atoms with E-state index in [0.29, 0.717) is 0 Å². The van der Waals surface area contributed by atoms with Gasteiger partial charge >= 0.3 is 39.9 Å². The second kappa shape index (κ2) is 6.84. The van der Waals surface area contributed by atoms with Crippen LogP contribution in [0.5, 0.6) is 0 Å². The fourth-order valence-electron chi connectivity index (χ4n) is 1.87. The molecule has 0 aliphatic carbocycles. The Bertz CT molecular complexity index is 895. The summed E-state index contributed by atoms with van der Waals surface area (Å²) in [5.41, 5.74) is 1.79. The third kappa shape index (κ3) is 3.99. The number of anilines is 1. The number of benzene rings is 2. The van der Waals surface area contributed by atoms with Crippen molar-refractivity contribution in [2.45, 2.75) is 0 Å². The van der Waals surface area contributed by atoms with E-state index in [0.717, 1.165) is 20.8 Å². The van der Waals surface area contributed by atoms with E-state index in [4.69, 9.17) is 16.2 Å². The van der Waals surface area contributed by atoms with Crippen molar-refractivity contribution >= 4 is 49.1 Å². The molecule has 3 aromatic rings. The molecule has 0 saturated carbocycles. The first-order valence-electron chi connectivity index (χ1n) is 5.83. The number of hydrogen-bond donors (Lipinski definition) is 2. The van der Waals surface area contributed by atoms with E-state index in [-0.39, 0.29) is 40.3 Å². The SMILES string of the molecule is O=S(=O)(O)Nc1ccc(-c2nc3ccccc3s2)cc1Cl.[Na+]. The summed E-state index contributed by atoms with van der Waals surface area (Å²) in [5, 5.41) is 0.973. The van der Waals surface area contributed by atoms with E-state index in [1.807, 2.05) is 29.0 Å². The summed E-state index contributed by atoms with van der Waals surface area (Å²) in [6.07, 6.45) is 0. The van der Waals surface area contributed by atoms with Gasteiger partial charge < -0.3 is 0 Å². The van der Waals surface area contributed by atoms with Gasteiger partial charge in [0.2, 0.25) is 0 Å². The Morgan fingerprint density at radius 1 is 1.18 bits per heavy atom. The summed E-state index contributed by atoms with van der Waals surface area (Å²) in [7, 11) is -4.35. The van der Waals surface area contributed by atoms with Crippen LogP contribution in [0.4, 0.5) is 5.69 Å². The molecule has 0 unspecified atom stereocenters. The average molecular weight is 364 g/mol. The number of thiazole rings is 1. The minimum Gasteiger partial charge on any atom is -0.269 e. The first-order chi connectivity index (χ1) is 9.92. The Kier molecular flexibility index (Phi) is 5.50. The van der Waals surface area contributed by atoms with Crippen molar-refractivity contribution in [2.75, 3.05) is 4.72 Å². The molecule has 5 nitrogen and oxygen atoms in total. The number of rotatable bonds is 3. The van der Waals surface area contributed by atoms with Crippen molar-refractivity contribution in [2.24, 2.45) is 0 Å². The van der Waals surface area contributed by atoms with Crippen molar-refractivity contribution in [3.8, 4) is 10.6 Å². The van der Waals surface area contributed by atoms with Gasteiger partial charge in [-0.1, -0.05) is 23.7 Å². The predicted octanol–water partition coefficient (Wildman–Crippen LogP) is 0.835. The third-order valence-electron chi connectivity index (χ3n) is 2.75. The molecule has 3 rings (SSSR count). The smallest absolute Gasteiger partial charge is 0.269 e. The van der Waals surface area contributed by atoms with Crippen molar-refractivity contribution in [1.29, 1.82) is 0 Å². The molecule has 2 N–H and O–H groups in total. The van der Waals surface area contributed by atoms with Gasteiger partial charge in [-0.05, 0) is 30.3 Å². The van der Waals surface area contributed by atoms with Crippen molar-refractivity contribution in [1.82, 2.24) is 4.98 Å². The summed E-state index contributed by atoms with van der Waals surface area (Å²) < 4.78 is 33.4. The molecule has 0 amide bonds. The van der Waals surface area contributed by atoms with Crippen LogP contribution in [0.1, 0.15) is 0 Å². The molecule has 0 fully saturated rings. The summed E-state index contributed by atoms with van der Waals surface area (Å²) in [6.45, 7) is 0. The van der Waals surface area contributed by atoms with Gasteiger partial charge in [-0.2, -0.15) is 8.42 Å². The van der Waals surface area contributed by atoms with E-state index in [1.54, 1.807) is 12.1 Å². The number of aromatic nitrogens is 1. The zero-order valence-electron chi connectivity index (χ0n) is 11.4. The standard InChI is InChI=1S/C13H9ClN2O3S2.Na/c14-9-7-8(5-6-10(9)16-21(17,18)19)13-15-11-3-1-2-4-12(11)20-13;/h1-7,16H,(H,17,18,19);/q;+1. The van der Waals surface area contributed by atoms with Crippen LogP contribution in [0, 0.1) is 0 Å². The van der Waals surface area contributed by atoms with Crippen LogP contribution in [-0.2, 0) is 10.3 Å². The number of nitrogens with one attached hydrogen (secondary N) is 1. The second-order valence-corrected chi connectivity index (χ2v) is 6.85. The van der Waals surface area contributed by atoms with Crippen LogP contribution in [-0.4, -0.2) is 18.0 Å². The number of hydrogen-bond acceptors (Lipinski definition) is 4. The molecule has 0 radical (unpaired) electrons. The average Bonchev–Trinajstić information content (AvgIpc) is 2.83. The predicted molar refractivity (Wildman–Crippen MR) is 85.2 cm³/mol. The quantitative estimate of drug-likeness (QED) is 0.534. The number of para-hydroxylation sites is 1.